The van der Waals surface area contributed by atoms with Gasteiger partial charge >= 0.3 is 5.97 Å². The molecule has 0 aliphatic rings. The molecule has 0 N–H and O–H groups in total. The van der Waals surface area contributed by atoms with Crippen LogP contribution in [0.1, 0.15) is 95.9 Å². The number of esters is 1. The first-order chi connectivity index (χ1) is 10.8. The lowest BCUT2D eigenvalue weighted by atomic mass is 9.78. The number of carbonyl (C=O) groups excluding carboxylic acids is 1. The Balaban J connectivity index is 4.70. The Morgan fingerprint density at radius 2 is 1.32 bits per heavy atom. The Morgan fingerprint density at radius 1 is 0.840 bits per heavy atom. The molecule has 0 aromatic rings. The molecule has 0 atom stereocenters. The highest BCUT2D eigenvalue weighted by Gasteiger charge is 2.41. The summed E-state index contributed by atoms with van der Waals surface area (Å²) in [5.41, 5.74) is -0.190. The zero-order chi connectivity index (χ0) is 20.3. The van der Waals surface area contributed by atoms with Gasteiger partial charge in [-0.15, -0.1) is 0 Å². The van der Waals surface area contributed by atoms with Crippen LogP contribution in [0.4, 0.5) is 0 Å². The minimum atomic E-state index is -0.485. The third-order valence-electron chi connectivity index (χ3n) is 5.57. The van der Waals surface area contributed by atoms with E-state index in [4.69, 9.17) is 4.74 Å². The maximum atomic E-state index is 12.3. The third-order valence-corrected chi connectivity index (χ3v) is 9.51. The molecule has 4 heteroatoms. The largest absolute Gasteiger partial charge is 0.459 e. The van der Waals surface area contributed by atoms with Crippen LogP contribution in [0.3, 0.4) is 0 Å². The van der Waals surface area contributed by atoms with Crippen LogP contribution in [-0.2, 0) is 9.53 Å². The molecule has 0 aromatic heterocycles. The van der Waals surface area contributed by atoms with E-state index in [0.29, 0.717) is 6.42 Å². The van der Waals surface area contributed by atoms with E-state index in [2.05, 4.69) is 69.2 Å². The molecule has 0 aliphatic carbocycles. The van der Waals surface area contributed by atoms with E-state index in [1.807, 2.05) is 35.4 Å². The number of rotatable bonds is 8. The quantitative estimate of drug-likeness (QED) is 0.319. The normalized spacial score (nSPS) is 14.6. The van der Waals surface area contributed by atoms with E-state index in [1.54, 1.807) is 0 Å². The molecule has 25 heavy (non-hydrogen) atoms. The Kier molecular flexibility index (Phi) is 8.51. The predicted octanol–water partition coefficient (Wildman–Crippen LogP) is 7.37. The Hall–Kier alpha value is 0.170. The predicted molar refractivity (Wildman–Crippen MR) is 116 cm³/mol. The second-order valence-corrected chi connectivity index (χ2v) is 14.0. The molecule has 0 saturated carbocycles. The van der Waals surface area contributed by atoms with E-state index in [1.165, 1.54) is 0 Å². The molecular weight excluding hydrogens is 348 g/mol. The molecule has 0 radical (unpaired) electrons. The van der Waals surface area contributed by atoms with Crippen LogP contribution in [-0.4, -0.2) is 22.1 Å². The molecule has 0 saturated heterocycles. The first-order valence-corrected chi connectivity index (χ1v) is 11.7. The van der Waals surface area contributed by atoms with Crippen molar-refractivity contribution in [1.29, 1.82) is 0 Å². The molecule has 0 aromatic carbocycles. The highest BCUT2D eigenvalue weighted by atomic mass is 33.1. The van der Waals surface area contributed by atoms with Crippen LogP contribution in [0.5, 0.6) is 0 Å². The summed E-state index contributed by atoms with van der Waals surface area (Å²) in [6.07, 6.45) is 1.34. The molecular formula is C21H42O2S2. The second kappa shape index (κ2) is 8.46. The summed E-state index contributed by atoms with van der Waals surface area (Å²) in [5, 5.41) is 0. The van der Waals surface area contributed by atoms with Crippen molar-refractivity contribution in [3.05, 3.63) is 0 Å². The average molecular weight is 391 g/mol. The van der Waals surface area contributed by atoms with Gasteiger partial charge in [-0.2, -0.15) is 0 Å². The fourth-order valence-corrected chi connectivity index (χ4v) is 5.51. The van der Waals surface area contributed by atoms with E-state index in [0.717, 1.165) is 12.2 Å². The zero-order valence-electron chi connectivity index (χ0n) is 18.8. The molecule has 0 spiro atoms. The molecule has 0 aliphatic heterocycles. The van der Waals surface area contributed by atoms with E-state index >= 15 is 0 Å². The molecule has 0 amide bonds. The second-order valence-electron chi connectivity index (χ2n) is 11.0. The van der Waals surface area contributed by atoms with Crippen molar-refractivity contribution in [3.63, 3.8) is 0 Å². The zero-order valence-corrected chi connectivity index (χ0v) is 20.4. The van der Waals surface area contributed by atoms with Crippen molar-refractivity contribution in [2.24, 2.45) is 16.2 Å². The number of ether oxygens (including phenoxy) is 1. The van der Waals surface area contributed by atoms with E-state index in [9.17, 15) is 4.79 Å². The highest BCUT2D eigenvalue weighted by Crippen LogP contribution is 2.50. The van der Waals surface area contributed by atoms with E-state index in [-0.39, 0.29) is 27.0 Å². The summed E-state index contributed by atoms with van der Waals surface area (Å²) in [5.74, 6) is 0.858. The van der Waals surface area contributed by atoms with Crippen LogP contribution in [0, 0.1) is 16.2 Å². The number of hydrogen-bond acceptors (Lipinski definition) is 4. The molecule has 0 unspecified atom stereocenters. The highest BCUT2D eigenvalue weighted by molar-refractivity contribution is 8.77. The minimum absolute atomic E-state index is 0.0827. The summed E-state index contributed by atoms with van der Waals surface area (Å²) in [4.78, 5) is 12.3. The maximum Gasteiger partial charge on any atom is 0.306 e. The van der Waals surface area contributed by atoms with Gasteiger partial charge in [0.15, 0.2) is 0 Å². The van der Waals surface area contributed by atoms with Gasteiger partial charge in [-0.1, -0.05) is 77.0 Å². The molecule has 2 nitrogen and oxygen atoms in total. The van der Waals surface area contributed by atoms with Crippen molar-refractivity contribution in [2.75, 3.05) is 5.75 Å². The minimum Gasteiger partial charge on any atom is -0.459 e. The van der Waals surface area contributed by atoms with Gasteiger partial charge in [0.25, 0.3) is 0 Å². The van der Waals surface area contributed by atoms with Crippen LogP contribution < -0.4 is 0 Å². The van der Waals surface area contributed by atoms with Crippen LogP contribution in [0.15, 0.2) is 0 Å². The lowest BCUT2D eigenvalue weighted by Crippen LogP contribution is -2.45. The van der Waals surface area contributed by atoms with Crippen LogP contribution >= 0.6 is 21.6 Å². The van der Waals surface area contributed by atoms with Gasteiger partial charge in [0.1, 0.15) is 5.60 Å². The Bertz CT molecular complexity index is 438. The van der Waals surface area contributed by atoms with Gasteiger partial charge in [0.05, 0.1) is 0 Å². The van der Waals surface area contributed by atoms with E-state index < -0.39 is 5.60 Å². The first kappa shape index (κ1) is 25.2. The van der Waals surface area contributed by atoms with Crippen molar-refractivity contribution in [1.82, 2.24) is 0 Å². The fraction of sp³-hybridized carbons (Fsp3) is 0.952. The average Bonchev–Trinajstić information content (AvgIpc) is 2.32. The molecule has 0 rings (SSSR count). The Morgan fingerprint density at radius 3 is 1.72 bits per heavy atom. The molecule has 0 heterocycles. The maximum absolute atomic E-state index is 12.3. The Labute approximate surface area is 165 Å². The van der Waals surface area contributed by atoms with Crippen LogP contribution in [0.2, 0.25) is 0 Å². The van der Waals surface area contributed by atoms with Gasteiger partial charge < -0.3 is 4.74 Å². The third kappa shape index (κ3) is 8.60. The van der Waals surface area contributed by atoms with Crippen molar-refractivity contribution >= 4 is 27.6 Å². The summed E-state index contributed by atoms with van der Waals surface area (Å²) >= 11 is 0. The van der Waals surface area contributed by atoms with Crippen molar-refractivity contribution < 1.29 is 9.53 Å². The van der Waals surface area contributed by atoms with Gasteiger partial charge in [0, 0.05) is 22.3 Å². The standard InChI is InChI=1S/C21H42O2S2/c1-17(2,3)14-13-16(22)23-20(9,10)19(7,8)15-24-25-21(11,12)18(4,5)6/h13-15H2,1-12H3. The number of hydrogen-bond donors (Lipinski definition) is 0. The smallest absolute Gasteiger partial charge is 0.306 e. The first-order valence-electron chi connectivity index (χ1n) is 9.33. The lowest BCUT2D eigenvalue weighted by molar-refractivity contribution is -0.167. The molecule has 0 fully saturated rings. The summed E-state index contributed by atoms with van der Waals surface area (Å²) in [6.45, 7) is 26.4. The summed E-state index contributed by atoms with van der Waals surface area (Å²) in [7, 11) is 3.83. The lowest BCUT2D eigenvalue weighted by Gasteiger charge is -2.42. The van der Waals surface area contributed by atoms with Gasteiger partial charge in [-0.05, 0) is 44.9 Å². The number of carbonyl (C=O) groups is 1. The van der Waals surface area contributed by atoms with Gasteiger partial charge in [0.2, 0.25) is 0 Å². The fourth-order valence-electron chi connectivity index (χ4n) is 1.57. The van der Waals surface area contributed by atoms with Crippen LogP contribution in [0.25, 0.3) is 0 Å². The van der Waals surface area contributed by atoms with Gasteiger partial charge in [-0.3, -0.25) is 4.79 Å². The molecule has 0 bridgehead atoms. The van der Waals surface area contributed by atoms with Gasteiger partial charge in [-0.25, -0.2) is 0 Å². The summed E-state index contributed by atoms with van der Waals surface area (Å²) < 4.78 is 6.07. The molecule has 150 valence electrons. The van der Waals surface area contributed by atoms with Crippen molar-refractivity contribution in [2.45, 2.75) is 106 Å². The monoisotopic (exact) mass is 390 g/mol. The summed E-state index contributed by atoms with van der Waals surface area (Å²) in [6, 6.07) is 0. The topological polar surface area (TPSA) is 26.3 Å². The van der Waals surface area contributed by atoms with Crippen molar-refractivity contribution in [3.8, 4) is 0 Å². The SMILES string of the molecule is CC(C)(C)CCC(=O)OC(C)(C)C(C)(C)CSSC(C)(C)C(C)(C)C.